The van der Waals surface area contributed by atoms with Gasteiger partial charge in [-0.05, 0) is 31.5 Å². The van der Waals surface area contributed by atoms with Crippen molar-refractivity contribution in [1.82, 2.24) is 4.98 Å². The molecule has 2 rings (SSSR count). The van der Waals surface area contributed by atoms with E-state index >= 15 is 0 Å². The van der Waals surface area contributed by atoms with Crippen LogP contribution in [0.2, 0.25) is 0 Å². The minimum absolute atomic E-state index is 0.273. The molecule has 1 heterocycles. The maximum atomic E-state index is 13.1. The number of aryl methyl sites for hydroxylation is 1. The second-order valence-corrected chi connectivity index (χ2v) is 5.45. The molecule has 4 nitrogen and oxygen atoms in total. The van der Waals surface area contributed by atoms with E-state index in [0.717, 1.165) is 17.0 Å². The zero-order chi connectivity index (χ0) is 15.4. The predicted molar refractivity (Wildman–Crippen MR) is 76.5 cm³/mol. The van der Waals surface area contributed by atoms with Crippen molar-refractivity contribution in [2.45, 2.75) is 20.4 Å². The minimum Gasteiger partial charge on any atom is -0.461 e. The SMILES string of the molecule is CCOC(=O)c1nc(NCc2ccc(F)c(F)c2)sc1C. The van der Waals surface area contributed by atoms with Crippen molar-refractivity contribution in [2.24, 2.45) is 0 Å². The van der Waals surface area contributed by atoms with Gasteiger partial charge in [0.15, 0.2) is 22.5 Å². The van der Waals surface area contributed by atoms with Crippen LogP contribution in [0.4, 0.5) is 13.9 Å². The van der Waals surface area contributed by atoms with Gasteiger partial charge in [-0.1, -0.05) is 6.07 Å². The molecule has 2 aromatic rings. The summed E-state index contributed by atoms with van der Waals surface area (Å²) in [6.07, 6.45) is 0. The number of carbonyl (C=O) groups excluding carboxylic acids is 1. The average Bonchev–Trinajstić information content (AvgIpc) is 2.82. The van der Waals surface area contributed by atoms with Crippen molar-refractivity contribution < 1.29 is 18.3 Å². The summed E-state index contributed by atoms with van der Waals surface area (Å²) in [7, 11) is 0. The van der Waals surface area contributed by atoms with Gasteiger partial charge < -0.3 is 10.1 Å². The van der Waals surface area contributed by atoms with Crippen LogP contribution in [0.5, 0.6) is 0 Å². The number of hydrogen-bond acceptors (Lipinski definition) is 5. The van der Waals surface area contributed by atoms with Gasteiger partial charge in [0.25, 0.3) is 0 Å². The summed E-state index contributed by atoms with van der Waals surface area (Å²) in [6.45, 7) is 4.06. The number of esters is 1. The van der Waals surface area contributed by atoms with Crippen molar-refractivity contribution in [2.75, 3.05) is 11.9 Å². The van der Waals surface area contributed by atoms with Crippen LogP contribution in [0.1, 0.15) is 27.9 Å². The van der Waals surface area contributed by atoms with Gasteiger partial charge in [0.2, 0.25) is 0 Å². The number of benzene rings is 1. The topological polar surface area (TPSA) is 51.2 Å². The minimum atomic E-state index is -0.892. The highest BCUT2D eigenvalue weighted by Gasteiger charge is 2.16. The molecule has 7 heteroatoms. The Balaban J connectivity index is 2.05. The first-order valence-corrected chi connectivity index (χ1v) is 7.15. The molecule has 0 saturated heterocycles. The summed E-state index contributed by atoms with van der Waals surface area (Å²) in [5.74, 6) is -2.24. The van der Waals surface area contributed by atoms with Crippen LogP contribution in [0.15, 0.2) is 18.2 Å². The van der Waals surface area contributed by atoms with E-state index in [1.807, 2.05) is 0 Å². The number of anilines is 1. The second kappa shape index (κ2) is 6.62. The van der Waals surface area contributed by atoms with E-state index in [0.29, 0.717) is 10.7 Å². The van der Waals surface area contributed by atoms with Gasteiger partial charge in [-0.25, -0.2) is 18.6 Å². The van der Waals surface area contributed by atoms with E-state index in [2.05, 4.69) is 10.3 Å². The maximum Gasteiger partial charge on any atom is 0.358 e. The molecule has 0 saturated carbocycles. The smallest absolute Gasteiger partial charge is 0.358 e. The monoisotopic (exact) mass is 312 g/mol. The number of hydrogen-bond donors (Lipinski definition) is 1. The molecule has 0 radical (unpaired) electrons. The number of halogens is 2. The number of nitrogens with zero attached hydrogens (tertiary/aromatic N) is 1. The van der Waals surface area contributed by atoms with Gasteiger partial charge in [-0.2, -0.15) is 0 Å². The van der Waals surface area contributed by atoms with Crippen molar-refractivity contribution in [3.8, 4) is 0 Å². The molecule has 0 spiro atoms. The van der Waals surface area contributed by atoms with E-state index in [1.54, 1.807) is 13.8 Å². The van der Waals surface area contributed by atoms with Crippen LogP contribution in [-0.2, 0) is 11.3 Å². The third-order valence-corrected chi connectivity index (χ3v) is 3.62. The van der Waals surface area contributed by atoms with Gasteiger partial charge in [0.05, 0.1) is 6.61 Å². The number of ether oxygens (including phenoxy) is 1. The van der Waals surface area contributed by atoms with Gasteiger partial charge in [0.1, 0.15) is 0 Å². The third kappa shape index (κ3) is 3.75. The lowest BCUT2D eigenvalue weighted by Crippen LogP contribution is -2.07. The summed E-state index contributed by atoms with van der Waals surface area (Å²) in [5.41, 5.74) is 0.856. The zero-order valence-electron chi connectivity index (χ0n) is 11.6. The molecule has 0 fully saturated rings. The Morgan fingerprint density at radius 2 is 2.14 bits per heavy atom. The summed E-state index contributed by atoms with van der Waals surface area (Å²) >= 11 is 1.30. The Morgan fingerprint density at radius 3 is 2.81 bits per heavy atom. The van der Waals surface area contributed by atoms with Crippen LogP contribution < -0.4 is 5.32 Å². The molecule has 1 N–H and O–H groups in total. The Hall–Kier alpha value is -2.02. The van der Waals surface area contributed by atoms with Crippen LogP contribution in [0.25, 0.3) is 0 Å². The largest absolute Gasteiger partial charge is 0.461 e. The lowest BCUT2D eigenvalue weighted by atomic mass is 10.2. The molecule has 0 atom stereocenters. The quantitative estimate of drug-likeness (QED) is 0.858. The third-order valence-electron chi connectivity index (χ3n) is 2.69. The number of carbonyl (C=O) groups is 1. The van der Waals surface area contributed by atoms with Crippen LogP contribution >= 0.6 is 11.3 Å². The first-order valence-electron chi connectivity index (χ1n) is 6.33. The van der Waals surface area contributed by atoms with Gasteiger partial charge in [0, 0.05) is 11.4 Å². The summed E-state index contributed by atoms with van der Waals surface area (Å²) < 4.78 is 30.8. The lowest BCUT2D eigenvalue weighted by Gasteiger charge is -2.03. The molecule has 21 heavy (non-hydrogen) atoms. The summed E-state index contributed by atoms with van der Waals surface area (Å²) in [4.78, 5) is 16.5. The highest BCUT2D eigenvalue weighted by atomic mass is 32.1. The number of aromatic nitrogens is 1. The van der Waals surface area contributed by atoms with Crippen LogP contribution in [0, 0.1) is 18.6 Å². The van der Waals surface area contributed by atoms with E-state index in [1.165, 1.54) is 17.4 Å². The highest BCUT2D eigenvalue weighted by Crippen LogP contribution is 2.23. The second-order valence-electron chi connectivity index (χ2n) is 4.25. The molecule has 0 aliphatic heterocycles. The van der Waals surface area contributed by atoms with Gasteiger partial charge in [-0.3, -0.25) is 0 Å². The molecule has 112 valence electrons. The molecular formula is C14H14F2N2O2S. The van der Waals surface area contributed by atoms with E-state index in [9.17, 15) is 13.6 Å². The van der Waals surface area contributed by atoms with Crippen molar-refractivity contribution in [1.29, 1.82) is 0 Å². The van der Waals surface area contributed by atoms with Crippen molar-refractivity contribution in [3.05, 3.63) is 46.0 Å². The van der Waals surface area contributed by atoms with Crippen molar-refractivity contribution >= 4 is 22.4 Å². The van der Waals surface area contributed by atoms with E-state index < -0.39 is 17.6 Å². The first kappa shape index (κ1) is 15.4. The summed E-state index contributed by atoms with van der Waals surface area (Å²) in [5, 5.41) is 3.50. The Morgan fingerprint density at radius 1 is 1.38 bits per heavy atom. The van der Waals surface area contributed by atoms with Crippen LogP contribution in [0.3, 0.4) is 0 Å². The molecule has 1 aromatic heterocycles. The Labute approximate surface area is 124 Å². The van der Waals surface area contributed by atoms with E-state index in [-0.39, 0.29) is 18.8 Å². The maximum absolute atomic E-state index is 13.1. The molecule has 0 amide bonds. The fourth-order valence-electron chi connectivity index (χ4n) is 1.69. The molecule has 0 bridgehead atoms. The highest BCUT2D eigenvalue weighted by molar-refractivity contribution is 7.15. The van der Waals surface area contributed by atoms with Gasteiger partial charge in [-0.15, -0.1) is 11.3 Å². The lowest BCUT2D eigenvalue weighted by molar-refractivity contribution is 0.0519. The fourth-order valence-corrected chi connectivity index (χ4v) is 2.49. The Kier molecular flexibility index (Phi) is 4.85. The molecule has 1 aromatic carbocycles. The number of thiazole rings is 1. The molecule has 0 aliphatic carbocycles. The van der Waals surface area contributed by atoms with Gasteiger partial charge >= 0.3 is 5.97 Å². The zero-order valence-corrected chi connectivity index (χ0v) is 12.4. The molecule has 0 unspecified atom stereocenters. The molecule has 0 aliphatic rings. The Bertz CT molecular complexity index is 658. The standard InChI is InChI=1S/C14H14F2N2O2S/c1-3-20-13(19)12-8(2)21-14(18-12)17-7-9-4-5-10(15)11(16)6-9/h4-6H,3,7H2,1-2H3,(H,17,18). The number of nitrogens with one attached hydrogen (secondary N) is 1. The first-order chi connectivity index (χ1) is 10.0. The van der Waals surface area contributed by atoms with Crippen LogP contribution in [-0.4, -0.2) is 17.6 Å². The average molecular weight is 312 g/mol. The molecular weight excluding hydrogens is 298 g/mol. The number of rotatable bonds is 5. The van der Waals surface area contributed by atoms with Crippen molar-refractivity contribution in [3.63, 3.8) is 0 Å². The normalized spacial score (nSPS) is 10.5. The summed E-state index contributed by atoms with van der Waals surface area (Å²) in [6, 6.07) is 3.68. The fraction of sp³-hybridized carbons (Fsp3) is 0.286. The predicted octanol–water partition coefficient (Wildman–Crippen LogP) is 3.52. The van der Waals surface area contributed by atoms with E-state index in [4.69, 9.17) is 4.74 Å².